The Hall–Kier alpha value is -1.39. The Balaban J connectivity index is 1.85. The van der Waals surface area contributed by atoms with Gasteiger partial charge in [-0.3, -0.25) is 0 Å². The van der Waals surface area contributed by atoms with Gasteiger partial charge < -0.3 is 9.80 Å². The van der Waals surface area contributed by atoms with E-state index in [1.54, 1.807) is 16.2 Å². The van der Waals surface area contributed by atoms with Gasteiger partial charge in [0.2, 0.25) is 0 Å². The van der Waals surface area contributed by atoms with Gasteiger partial charge in [-0.2, -0.15) is 0 Å². The molecule has 0 radical (unpaired) electrons. The van der Waals surface area contributed by atoms with Crippen LogP contribution in [0.3, 0.4) is 0 Å². The summed E-state index contributed by atoms with van der Waals surface area (Å²) in [4.78, 5) is 8.91. The number of nitrogens with zero attached hydrogens (tertiary/aromatic N) is 2. The number of likely N-dealkylation sites (N-methyl/N-ethyl adjacent to an activating group) is 1. The van der Waals surface area contributed by atoms with E-state index in [1.165, 1.54) is 34.9 Å². The topological polar surface area (TPSA) is 20.6 Å². The number of quaternary nitrogens is 1. The number of hydrogen-bond donors (Lipinski definition) is 1. The van der Waals surface area contributed by atoms with E-state index >= 15 is 0 Å². The number of benzene rings is 1. The molecule has 3 nitrogen and oxygen atoms in total. The maximum absolute atomic E-state index is 4.87. The molecule has 1 saturated heterocycles. The van der Waals surface area contributed by atoms with Crippen LogP contribution < -0.4 is 9.80 Å². The van der Waals surface area contributed by atoms with E-state index < -0.39 is 0 Å². The van der Waals surface area contributed by atoms with Gasteiger partial charge in [0.15, 0.2) is 5.13 Å². The number of rotatable bonds is 2. The van der Waals surface area contributed by atoms with Gasteiger partial charge in [0.25, 0.3) is 0 Å². The van der Waals surface area contributed by atoms with Crippen LogP contribution in [0.25, 0.3) is 11.3 Å². The van der Waals surface area contributed by atoms with Crippen molar-refractivity contribution in [1.29, 1.82) is 0 Å². The van der Waals surface area contributed by atoms with E-state index in [4.69, 9.17) is 4.98 Å². The molecule has 1 aromatic carbocycles. The van der Waals surface area contributed by atoms with Crippen molar-refractivity contribution < 1.29 is 4.90 Å². The highest BCUT2D eigenvalue weighted by atomic mass is 32.1. The molecule has 0 amide bonds. The predicted molar refractivity (Wildman–Crippen MR) is 85.9 cm³/mol. The third-order valence-corrected chi connectivity index (χ3v) is 4.95. The molecule has 20 heavy (non-hydrogen) atoms. The van der Waals surface area contributed by atoms with E-state index in [9.17, 15) is 0 Å². The summed E-state index contributed by atoms with van der Waals surface area (Å²) in [6.07, 6.45) is 0. The first kappa shape index (κ1) is 13.6. The van der Waals surface area contributed by atoms with Crippen molar-refractivity contribution in [3.05, 3.63) is 34.7 Å². The zero-order valence-corrected chi connectivity index (χ0v) is 13.3. The van der Waals surface area contributed by atoms with Gasteiger partial charge in [-0.15, -0.1) is 11.3 Å². The van der Waals surface area contributed by atoms with Gasteiger partial charge in [0.1, 0.15) is 0 Å². The SMILES string of the molecule is Cc1ccc(C)c(-c2csc(N3CC[NH+](C)CC3)n2)c1. The molecule has 4 heteroatoms. The van der Waals surface area contributed by atoms with E-state index in [-0.39, 0.29) is 0 Å². The number of aromatic nitrogens is 1. The molecule has 0 bridgehead atoms. The summed E-state index contributed by atoms with van der Waals surface area (Å²) in [6, 6.07) is 6.58. The fraction of sp³-hybridized carbons (Fsp3) is 0.438. The van der Waals surface area contributed by atoms with Gasteiger partial charge in [0, 0.05) is 10.9 Å². The predicted octanol–water partition coefficient (Wildman–Crippen LogP) is 1.76. The third-order valence-electron chi connectivity index (χ3n) is 4.05. The minimum Gasteiger partial charge on any atom is -0.337 e. The van der Waals surface area contributed by atoms with Crippen LogP contribution in [0.4, 0.5) is 5.13 Å². The molecular formula is C16H22N3S+. The fourth-order valence-corrected chi connectivity index (χ4v) is 3.50. The molecule has 0 spiro atoms. The monoisotopic (exact) mass is 288 g/mol. The Bertz CT molecular complexity index is 598. The van der Waals surface area contributed by atoms with Crippen LogP contribution in [0.15, 0.2) is 23.6 Å². The Kier molecular flexibility index (Phi) is 3.76. The summed E-state index contributed by atoms with van der Waals surface area (Å²) in [5.74, 6) is 0. The highest BCUT2D eigenvalue weighted by molar-refractivity contribution is 7.14. The van der Waals surface area contributed by atoms with Crippen molar-refractivity contribution in [3.8, 4) is 11.3 Å². The molecule has 1 aromatic heterocycles. The molecule has 1 fully saturated rings. The second-order valence-electron chi connectivity index (χ2n) is 5.78. The lowest BCUT2D eigenvalue weighted by Crippen LogP contribution is -3.12. The van der Waals surface area contributed by atoms with Crippen LogP contribution in [0.5, 0.6) is 0 Å². The summed E-state index contributed by atoms with van der Waals surface area (Å²) < 4.78 is 0. The minimum atomic E-state index is 1.12. The van der Waals surface area contributed by atoms with E-state index in [2.05, 4.69) is 49.4 Å². The third kappa shape index (κ3) is 2.72. The molecular weight excluding hydrogens is 266 g/mol. The first-order chi connectivity index (χ1) is 9.63. The van der Waals surface area contributed by atoms with Crippen LogP contribution in [0.1, 0.15) is 11.1 Å². The maximum Gasteiger partial charge on any atom is 0.186 e. The summed E-state index contributed by atoms with van der Waals surface area (Å²) in [5, 5.41) is 3.37. The van der Waals surface area contributed by atoms with E-state index in [0.29, 0.717) is 0 Å². The lowest BCUT2D eigenvalue weighted by Gasteiger charge is -2.29. The van der Waals surface area contributed by atoms with Crippen molar-refractivity contribution in [3.63, 3.8) is 0 Å². The Morgan fingerprint density at radius 3 is 2.70 bits per heavy atom. The minimum absolute atomic E-state index is 1.12. The average molecular weight is 288 g/mol. The van der Waals surface area contributed by atoms with Crippen LogP contribution in [0, 0.1) is 13.8 Å². The molecule has 2 aromatic rings. The zero-order valence-electron chi connectivity index (χ0n) is 12.4. The Morgan fingerprint density at radius 2 is 1.95 bits per heavy atom. The zero-order chi connectivity index (χ0) is 14.1. The van der Waals surface area contributed by atoms with Crippen molar-refractivity contribution in [2.45, 2.75) is 13.8 Å². The first-order valence-electron chi connectivity index (χ1n) is 7.23. The van der Waals surface area contributed by atoms with Crippen molar-refractivity contribution in [2.75, 3.05) is 38.1 Å². The summed E-state index contributed by atoms with van der Waals surface area (Å²) in [5.41, 5.74) is 4.99. The summed E-state index contributed by atoms with van der Waals surface area (Å²) in [6.45, 7) is 8.94. The Morgan fingerprint density at radius 1 is 1.20 bits per heavy atom. The molecule has 0 saturated carbocycles. The van der Waals surface area contributed by atoms with Crippen LogP contribution in [-0.4, -0.2) is 38.2 Å². The summed E-state index contributed by atoms with van der Waals surface area (Å²) >= 11 is 1.77. The van der Waals surface area contributed by atoms with Crippen molar-refractivity contribution in [2.24, 2.45) is 0 Å². The number of anilines is 1. The molecule has 0 aliphatic carbocycles. The van der Waals surface area contributed by atoms with E-state index in [0.717, 1.165) is 18.8 Å². The van der Waals surface area contributed by atoms with Gasteiger partial charge in [-0.1, -0.05) is 17.7 Å². The first-order valence-corrected chi connectivity index (χ1v) is 8.11. The van der Waals surface area contributed by atoms with Crippen LogP contribution in [0.2, 0.25) is 0 Å². The number of thiazole rings is 1. The number of nitrogens with one attached hydrogen (secondary N) is 1. The normalized spacial score (nSPS) is 16.6. The second-order valence-corrected chi connectivity index (χ2v) is 6.61. The molecule has 2 heterocycles. The number of hydrogen-bond acceptors (Lipinski definition) is 3. The molecule has 3 rings (SSSR count). The smallest absolute Gasteiger partial charge is 0.186 e. The molecule has 1 N–H and O–H groups in total. The molecule has 1 aliphatic rings. The van der Waals surface area contributed by atoms with Crippen molar-refractivity contribution >= 4 is 16.5 Å². The van der Waals surface area contributed by atoms with Gasteiger partial charge in [-0.05, 0) is 25.5 Å². The van der Waals surface area contributed by atoms with Crippen molar-refractivity contribution in [1.82, 2.24) is 4.98 Å². The number of aryl methyl sites for hydroxylation is 2. The highest BCUT2D eigenvalue weighted by Crippen LogP contribution is 2.29. The van der Waals surface area contributed by atoms with Gasteiger partial charge in [0.05, 0.1) is 38.9 Å². The lowest BCUT2D eigenvalue weighted by atomic mass is 10.0. The maximum atomic E-state index is 4.87. The Labute approximate surface area is 124 Å². The molecule has 0 atom stereocenters. The van der Waals surface area contributed by atoms with E-state index in [1.807, 2.05) is 0 Å². The quantitative estimate of drug-likeness (QED) is 0.909. The summed E-state index contributed by atoms with van der Waals surface area (Å²) in [7, 11) is 2.26. The number of piperazine rings is 1. The van der Waals surface area contributed by atoms with Crippen LogP contribution in [-0.2, 0) is 0 Å². The fourth-order valence-electron chi connectivity index (χ4n) is 2.62. The van der Waals surface area contributed by atoms with Gasteiger partial charge >= 0.3 is 0 Å². The molecule has 106 valence electrons. The molecule has 0 unspecified atom stereocenters. The second kappa shape index (κ2) is 5.54. The highest BCUT2D eigenvalue weighted by Gasteiger charge is 2.19. The largest absolute Gasteiger partial charge is 0.337 e. The van der Waals surface area contributed by atoms with Gasteiger partial charge in [-0.25, -0.2) is 4.98 Å². The van der Waals surface area contributed by atoms with Crippen LogP contribution >= 0.6 is 11.3 Å². The lowest BCUT2D eigenvalue weighted by molar-refractivity contribution is -0.880. The standard InChI is InChI=1S/C16H21N3S/c1-12-4-5-13(2)14(10-12)15-11-20-16(17-15)19-8-6-18(3)7-9-19/h4-5,10-11H,6-9H2,1-3H3/p+1. The molecule has 1 aliphatic heterocycles. The average Bonchev–Trinajstić information content (AvgIpc) is 2.92.